The molecule has 0 saturated heterocycles. The molecular weight excluding hydrogens is 582 g/mol. The maximum absolute atomic E-state index is 12.1. The lowest BCUT2D eigenvalue weighted by Crippen LogP contribution is -2.43. The Balaban J connectivity index is 1.78. The molecule has 5 aromatic rings. The van der Waals surface area contributed by atoms with Gasteiger partial charge in [0.05, 0.1) is 33.8 Å². The molecule has 0 fully saturated rings. The summed E-state index contributed by atoms with van der Waals surface area (Å²) in [5.41, 5.74) is 1.13. The molecule has 0 spiro atoms. The van der Waals surface area contributed by atoms with Crippen LogP contribution in [0.25, 0.3) is 32.4 Å². The second-order valence-electron chi connectivity index (χ2n) is 8.40. The van der Waals surface area contributed by atoms with Crippen molar-refractivity contribution in [3.63, 3.8) is 0 Å². The summed E-state index contributed by atoms with van der Waals surface area (Å²) in [6, 6.07) is 13.3. The van der Waals surface area contributed by atoms with Gasteiger partial charge >= 0.3 is 5.13 Å². The molecule has 2 aromatic heterocycles. The second kappa shape index (κ2) is 10.2. The Kier molecular flexibility index (Phi) is 7.05. The van der Waals surface area contributed by atoms with Gasteiger partial charge in [-0.05, 0) is 76.6 Å². The van der Waals surface area contributed by atoms with Gasteiger partial charge in [-0.25, -0.2) is 16.8 Å². The second-order valence-corrected chi connectivity index (χ2v) is 12.1. The van der Waals surface area contributed by atoms with Gasteiger partial charge in [0.1, 0.15) is 37.4 Å². The first-order chi connectivity index (χ1) is 18.9. The number of hydrogen-bond donors (Lipinski definition) is 0. The van der Waals surface area contributed by atoms with Gasteiger partial charge in [-0.1, -0.05) is 22.4 Å². The summed E-state index contributed by atoms with van der Waals surface area (Å²) < 4.78 is 83.4. The number of aryl methyl sites for hydroxylation is 1. The van der Waals surface area contributed by atoms with E-state index in [1.165, 1.54) is 47.5 Å². The largest absolute Gasteiger partial charge is 0.744 e. The predicted octanol–water partition coefficient (Wildman–Crippen LogP) is 2.34. The van der Waals surface area contributed by atoms with Crippen molar-refractivity contribution in [2.45, 2.75) is 23.6 Å². The molecule has 3 aromatic carbocycles. The molecule has 0 N–H and O–H groups in total. The monoisotopic (exact) mass is 602 g/mol. The number of methoxy groups -OCH3 is 1. The fraction of sp³-hybridized carbons (Fsp3) is 0.167. The highest BCUT2D eigenvalue weighted by Gasteiger charge is 2.28. The fourth-order valence-corrected chi connectivity index (χ4v) is 6.28. The Morgan fingerprint density at radius 1 is 0.975 bits per heavy atom. The van der Waals surface area contributed by atoms with Crippen LogP contribution in [0.1, 0.15) is 12.5 Å². The van der Waals surface area contributed by atoms with Crippen LogP contribution >= 0.6 is 11.3 Å². The Bertz CT molecular complexity index is 1990. The highest BCUT2D eigenvalue weighted by atomic mass is 32.2. The standard InChI is InChI=1S/C24H21N5O8S3/c1-4-37-16-7-9-18-20(13-16)38-24(25-18)29-27-23(17-8-5-14(2)11-21(17)39(30,31)32)26-28(29)15-6-10-19(36-3)22(12-15)40(33,34)35/h5-13H,4H2,1-3H3,(H-,30,31,32,33,34,35)/p-1. The van der Waals surface area contributed by atoms with E-state index in [0.29, 0.717) is 23.4 Å². The van der Waals surface area contributed by atoms with Crippen molar-refractivity contribution in [1.29, 1.82) is 0 Å². The summed E-state index contributed by atoms with van der Waals surface area (Å²) in [7, 11) is -8.65. The van der Waals surface area contributed by atoms with Crippen LogP contribution in [-0.4, -0.2) is 59.6 Å². The molecule has 0 aliphatic carbocycles. The number of ether oxygens (including phenoxy) is 2. The smallest absolute Gasteiger partial charge is 0.365 e. The lowest BCUT2D eigenvalue weighted by Gasteiger charge is -2.12. The third kappa shape index (κ3) is 5.26. The van der Waals surface area contributed by atoms with E-state index in [0.717, 1.165) is 15.6 Å². The molecule has 2 heterocycles. The third-order valence-corrected chi connectivity index (χ3v) is 8.40. The molecule has 0 unspecified atom stereocenters. The van der Waals surface area contributed by atoms with Crippen LogP contribution in [0, 0.1) is 6.92 Å². The number of nitrogens with zero attached hydrogens (tertiary/aromatic N) is 5. The minimum Gasteiger partial charge on any atom is -0.744 e. The van der Waals surface area contributed by atoms with E-state index < -0.39 is 30.0 Å². The maximum atomic E-state index is 12.1. The predicted molar refractivity (Wildman–Crippen MR) is 140 cm³/mol. The lowest BCUT2D eigenvalue weighted by molar-refractivity contribution is -0.734. The van der Waals surface area contributed by atoms with Gasteiger partial charge in [0.2, 0.25) is 0 Å². The van der Waals surface area contributed by atoms with Crippen LogP contribution in [0.4, 0.5) is 0 Å². The molecule has 0 bridgehead atoms. The van der Waals surface area contributed by atoms with Crippen molar-refractivity contribution < 1.29 is 40.2 Å². The molecule has 208 valence electrons. The van der Waals surface area contributed by atoms with Gasteiger partial charge in [0.25, 0.3) is 5.82 Å². The molecule has 0 atom stereocenters. The Labute approximate surface area is 232 Å². The minimum atomic E-state index is -4.95. The molecule has 0 aliphatic heterocycles. The molecule has 0 saturated carbocycles. The summed E-state index contributed by atoms with van der Waals surface area (Å²) in [6.07, 6.45) is 0. The van der Waals surface area contributed by atoms with Crippen LogP contribution in [-0.2, 0) is 20.2 Å². The van der Waals surface area contributed by atoms with Gasteiger partial charge in [0.15, 0.2) is 5.52 Å². The first-order valence-electron chi connectivity index (χ1n) is 11.5. The number of hydrogen-bond acceptors (Lipinski definition) is 12. The van der Waals surface area contributed by atoms with Crippen LogP contribution in [0.15, 0.2) is 64.4 Å². The van der Waals surface area contributed by atoms with Gasteiger partial charge < -0.3 is 18.6 Å². The number of benzene rings is 3. The zero-order chi connectivity index (χ0) is 28.8. The van der Waals surface area contributed by atoms with Gasteiger partial charge in [0, 0.05) is 11.2 Å². The van der Waals surface area contributed by atoms with Crippen LogP contribution in [0.5, 0.6) is 11.5 Å². The quantitative estimate of drug-likeness (QED) is 0.188. The average Bonchev–Trinajstić information content (AvgIpc) is 3.52. The zero-order valence-electron chi connectivity index (χ0n) is 21.1. The first kappa shape index (κ1) is 27.6. The van der Waals surface area contributed by atoms with Crippen LogP contribution in [0.2, 0.25) is 0 Å². The minimum absolute atomic E-state index is 0.0712. The lowest BCUT2D eigenvalue weighted by atomic mass is 10.1. The average molecular weight is 603 g/mol. The Morgan fingerprint density at radius 2 is 1.73 bits per heavy atom. The van der Waals surface area contributed by atoms with E-state index in [1.54, 1.807) is 31.2 Å². The van der Waals surface area contributed by atoms with Crippen molar-refractivity contribution >= 4 is 41.8 Å². The highest BCUT2D eigenvalue weighted by Crippen LogP contribution is 2.30. The number of fused-ring (bicyclic) bond motifs is 1. The molecule has 16 heteroatoms. The van der Waals surface area contributed by atoms with Gasteiger partial charge in [-0.15, -0.1) is 0 Å². The van der Waals surface area contributed by atoms with Crippen molar-refractivity contribution in [3.8, 4) is 33.7 Å². The van der Waals surface area contributed by atoms with Crippen molar-refractivity contribution in [3.05, 3.63) is 60.2 Å². The third-order valence-electron chi connectivity index (χ3n) is 5.68. The van der Waals surface area contributed by atoms with Crippen molar-refractivity contribution in [1.82, 2.24) is 20.0 Å². The van der Waals surface area contributed by atoms with Crippen LogP contribution < -0.4 is 14.3 Å². The maximum Gasteiger partial charge on any atom is 0.365 e. The SMILES string of the molecule is CCOc1ccc2nc(-[n+]3nc(-c4ccc(C)cc4S(=O)(=O)[O-])nn3-c3ccc(OC)c(S(=O)(=O)[O-])c3)sc2c1. The number of tetrazole rings is 1. The zero-order valence-corrected chi connectivity index (χ0v) is 23.6. The topological polar surface area (TPSA) is 180 Å². The first-order valence-corrected chi connectivity index (χ1v) is 15.2. The molecule has 13 nitrogen and oxygen atoms in total. The van der Waals surface area contributed by atoms with E-state index in [4.69, 9.17) is 9.47 Å². The number of thiazole rings is 1. The van der Waals surface area contributed by atoms with Gasteiger partial charge in [-0.3, -0.25) is 0 Å². The summed E-state index contributed by atoms with van der Waals surface area (Å²) in [5, 5.41) is 9.11. The van der Waals surface area contributed by atoms with E-state index in [2.05, 4.69) is 15.2 Å². The summed E-state index contributed by atoms with van der Waals surface area (Å²) in [4.78, 5) is 5.78. The van der Waals surface area contributed by atoms with Crippen molar-refractivity contribution in [2.75, 3.05) is 13.7 Å². The molecule has 5 rings (SSSR count). The summed E-state index contributed by atoms with van der Waals surface area (Å²) in [5.74, 6) is 0.293. The number of rotatable bonds is 8. The Morgan fingerprint density at radius 3 is 2.40 bits per heavy atom. The Hall–Kier alpha value is -3.96. The summed E-state index contributed by atoms with van der Waals surface area (Å²) >= 11 is 1.20. The van der Waals surface area contributed by atoms with E-state index in [-0.39, 0.29) is 28.0 Å². The highest BCUT2D eigenvalue weighted by molar-refractivity contribution is 7.86. The van der Waals surface area contributed by atoms with Crippen LogP contribution in [0.3, 0.4) is 0 Å². The molecular formula is C24H20N5O8S3-. The van der Waals surface area contributed by atoms with Gasteiger partial charge in [-0.2, -0.15) is 0 Å². The number of aromatic nitrogens is 5. The van der Waals surface area contributed by atoms with Crippen molar-refractivity contribution in [2.24, 2.45) is 0 Å². The normalized spacial score (nSPS) is 12.1. The molecule has 0 radical (unpaired) electrons. The molecule has 0 amide bonds. The fourth-order valence-electron chi connectivity index (χ4n) is 3.92. The molecule has 0 aliphatic rings. The van der Waals surface area contributed by atoms with E-state index in [9.17, 15) is 25.9 Å². The summed E-state index contributed by atoms with van der Waals surface area (Å²) in [6.45, 7) is 3.95. The molecule has 40 heavy (non-hydrogen) atoms. The van der Waals surface area contributed by atoms with E-state index >= 15 is 0 Å². The van der Waals surface area contributed by atoms with E-state index in [1.807, 2.05) is 6.92 Å².